The number of benzene rings is 2. The van der Waals surface area contributed by atoms with Crippen LogP contribution < -0.4 is 5.32 Å². The molecule has 0 saturated carbocycles. The molecule has 0 bridgehead atoms. The molecule has 1 fully saturated rings. The van der Waals surface area contributed by atoms with Gasteiger partial charge in [0, 0.05) is 10.0 Å². The number of hydrogen-bond acceptors (Lipinski definition) is 2. The number of rotatable bonds is 3. The van der Waals surface area contributed by atoms with E-state index < -0.39 is 0 Å². The highest BCUT2D eigenvalue weighted by atomic mass is 79.9. The van der Waals surface area contributed by atoms with E-state index in [-0.39, 0.29) is 17.9 Å². The molecular weight excluding hydrogens is 290 g/mol. The molecule has 2 atom stereocenters. The van der Waals surface area contributed by atoms with Crippen molar-refractivity contribution in [3.8, 4) is 0 Å². The van der Waals surface area contributed by atoms with Crippen molar-refractivity contribution in [2.24, 2.45) is 0 Å². The number of halogens is 1. The van der Waals surface area contributed by atoms with Gasteiger partial charge < -0.3 is 0 Å². The lowest BCUT2D eigenvalue weighted by Crippen LogP contribution is -2.10. The van der Waals surface area contributed by atoms with Gasteiger partial charge in [0.25, 0.3) is 0 Å². The number of carbonyl (C=O) groups excluding carboxylic acids is 1. The number of hydrogen-bond donors (Lipinski definition) is 1. The first kappa shape index (κ1) is 11.6. The van der Waals surface area contributed by atoms with Gasteiger partial charge in [-0.3, -0.25) is 10.1 Å². The maximum atomic E-state index is 12.2. The SMILES string of the molecule is O=C(c1ccc(Br)cc1)C1NC1c1ccccc1. The second-order valence-corrected chi connectivity index (χ2v) is 5.32. The van der Waals surface area contributed by atoms with Crippen molar-refractivity contribution < 1.29 is 4.79 Å². The molecule has 18 heavy (non-hydrogen) atoms. The van der Waals surface area contributed by atoms with Crippen molar-refractivity contribution >= 4 is 21.7 Å². The van der Waals surface area contributed by atoms with Crippen LogP contribution in [0.25, 0.3) is 0 Å². The third-order valence-corrected chi connectivity index (χ3v) is 3.68. The zero-order valence-corrected chi connectivity index (χ0v) is 11.2. The molecule has 0 amide bonds. The first-order chi connectivity index (χ1) is 8.75. The van der Waals surface area contributed by atoms with Gasteiger partial charge in [-0.05, 0) is 17.7 Å². The molecule has 2 nitrogen and oxygen atoms in total. The van der Waals surface area contributed by atoms with E-state index in [1.165, 1.54) is 5.56 Å². The van der Waals surface area contributed by atoms with Crippen LogP contribution in [-0.4, -0.2) is 11.8 Å². The molecule has 0 radical (unpaired) electrons. The zero-order valence-electron chi connectivity index (χ0n) is 9.64. The van der Waals surface area contributed by atoms with Crippen molar-refractivity contribution in [1.29, 1.82) is 0 Å². The molecule has 90 valence electrons. The minimum atomic E-state index is -0.0754. The second-order valence-electron chi connectivity index (χ2n) is 4.40. The number of nitrogens with one attached hydrogen (secondary N) is 1. The molecule has 1 aliphatic heterocycles. The van der Waals surface area contributed by atoms with E-state index >= 15 is 0 Å². The van der Waals surface area contributed by atoms with Crippen LogP contribution in [0.4, 0.5) is 0 Å². The molecule has 0 aromatic heterocycles. The lowest BCUT2D eigenvalue weighted by Gasteiger charge is -1.99. The average Bonchev–Trinajstić information content (AvgIpc) is 3.20. The minimum Gasteiger partial charge on any atom is -0.297 e. The quantitative estimate of drug-likeness (QED) is 0.697. The molecule has 2 unspecified atom stereocenters. The van der Waals surface area contributed by atoms with Crippen molar-refractivity contribution in [1.82, 2.24) is 5.32 Å². The molecule has 1 aliphatic rings. The zero-order chi connectivity index (χ0) is 12.5. The largest absolute Gasteiger partial charge is 0.297 e. The first-order valence-corrected chi connectivity index (χ1v) is 6.66. The summed E-state index contributed by atoms with van der Waals surface area (Å²) in [6.07, 6.45) is 0. The summed E-state index contributed by atoms with van der Waals surface area (Å²) in [5.74, 6) is 0.163. The van der Waals surface area contributed by atoms with Gasteiger partial charge in [0.2, 0.25) is 0 Å². The number of ketones is 1. The Bertz CT molecular complexity index is 565. The summed E-state index contributed by atoms with van der Waals surface area (Å²) < 4.78 is 0.988. The van der Waals surface area contributed by atoms with Gasteiger partial charge in [0.15, 0.2) is 5.78 Å². The standard InChI is InChI=1S/C15H12BrNO/c16-12-8-6-11(7-9-12)15(18)14-13(17-14)10-4-2-1-3-5-10/h1-9,13-14,17H. The fourth-order valence-corrected chi connectivity index (χ4v) is 2.37. The van der Waals surface area contributed by atoms with E-state index in [1.807, 2.05) is 54.6 Å². The molecular formula is C15H12BrNO. The van der Waals surface area contributed by atoms with Gasteiger partial charge in [-0.2, -0.15) is 0 Å². The molecule has 1 N–H and O–H groups in total. The molecule has 2 aromatic carbocycles. The van der Waals surface area contributed by atoms with Crippen LogP contribution in [0.3, 0.4) is 0 Å². The first-order valence-electron chi connectivity index (χ1n) is 5.86. The number of Topliss-reactive ketones (excluding diaryl/α,β-unsaturated/α-hetero) is 1. The topological polar surface area (TPSA) is 39.0 Å². The molecule has 1 heterocycles. The van der Waals surface area contributed by atoms with Crippen molar-refractivity contribution in [3.05, 3.63) is 70.2 Å². The normalized spacial score (nSPS) is 21.6. The van der Waals surface area contributed by atoms with Gasteiger partial charge in [0.05, 0.1) is 12.1 Å². The van der Waals surface area contributed by atoms with Gasteiger partial charge in [-0.15, -0.1) is 0 Å². The fourth-order valence-electron chi connectivity index (χ4n) is 2.11. The predicted octanol–water partition coefficient (Wildman–Crippen LogP) is 3.34. The minimum absolute atomic E-state index is 0.0754. The van der Waals surface area contributed by atoms with Gasteiger partial charge >= 0.3 is 0 Å². The molecule has 0 spiro atoms. The molecule has 3 heteroatoms. The summed E-state index contributed by atoms with van der Waals surface area (Å²) in [5, 5.41) is 3.24. The monoisotopic (exact) mass is 301 g/mol. The number of carbonyl (C=O) groups is 1. The summed E-state index contributed by atoms with van der Waals surface area (Å²) in [6.45, 7) is 0. The predicted molar refractivity (Wildman–Crippen MR) is 74.6 cm³/mol. The van der Waals surface area contributed by atoms with E-state index in [0.717, 1.165) is 10.0 Å². The van der Waals surface area contributed by atoms with Crippen LogP contribution in [0.5, 0.6) is 0 Å². The van der Waals surface area contributed by atoms with E-state index in [2.05, 4.69) is 21.2 Å². The van der Waals surface area contributed by atoms with Crippen LogP contribution in [0, 0.1) is 0 Å². The van der Waals surface area contributed by atoms with Gasteiger partial charge in [0.1, 0.15) is 0 Å². The van der Waals surface area contributed by atoms with Crippen LogP contribution in [0.2, 0.25) is 0 Å². The summed E-state index contributed by atoms with van der Waals surface area (Å²) in [7, 11) is 0. The summed E-state index contributed by atoms with van der Waals surface area (Å²) in [4.78, 5) is 12.2. The highest BCUT2D eigenvalue weighted by Crippen LogP contribution is 2.31. The van der Waals surface area contributed by atoms with Crippen LogP contribution in [0.15, 0.2) is 59.1 Å². The summed E-state index contributed by atoms with van der Waals surface area (Å²) in [5.41, 5.74) is 1.93. The van der Waals surface area contributed by atoms with Gasteiger partial charge in [-0.25, -0.2) is 0 Å². The maximum absolute atomic E-state index is 12.2. The smallest absolute Gasteiger partial charge is 0.181 e. The maximum Gasteiger partial charge on any atom is 0.181 e. The van der Waals surface area contributed by atoms with Crippen molar-refractivity contribution in [2.75, 3.05) is 0 Å². The Kier molecular flexibility index (Phi) is 3.02. The Balaban J connectivity index is 1.75. The summed E-state index contributed by atoms with van der Waals surface area (Å²) >= 11 is 3.37. The highest BCUT2D eigenvalue weighted by Gasteiger charge is 2.43. The lowest BCUT2D eigenvalue weighted by atomic mass is 10.0. The van der Waals surface area contributed by atoms with E-state index in [0.29, 0.717) is 0 Å². The van der Waals surface area contributed by atoms with Crippen LogP contribution >= 0.6 is 15.9 Å². The third-order valence-electron chi connectivity index (χ3n) is 3.15. The summed E-state index contributed by atoms with van der Waals surface area (Å²) in [6, 6.07) is 17.7. The van der Waals surface area contributed by atoms with Crippen LogP contribution in [0.1, 0.15) is 22.0 Å². The Labute approximate surface area is 114 Å². The Morgan fingerprint density at radius 1 is 1.00 bits per heavy atom. The molecule has 2 aromatic rings. The van der Waals surface area contributed by atoms with Gasteiger partial charge in [-0.1, -0.05) is 58.4 Å². The van der Waals surface area contributed by atoms with Crippen molar-refractivity contribution in [3.63, 3.8) is 0 Å². The Morgan fingerprint density at radius 2 is 1.67 bits per heavy atom. The van der Waals surface area contributed by atoms with E-state index in [9.17, 15) is 4.79 Å². The molecule has 1 saturated heterocycles. The molecule has 0 aliphatic carbocycles. The van der Waals surface area contributed by atoms with Crippen LogP contribution in [-0.2, 0) is 0 Å². The van der Waals surface area contributed by atoms with E-state index in [1.54, 1.807) is 0 Å². The third kappa shape index (κ3) is 2.24. The lowest BCUT2D eigenvalue weighted by molar-refractivity contribution is 0.0988. The average molecular weight is 302 g/mol. The Morgan fingerprint density at radius 3 is 2.33 bits per heavy atom. The fraction of sp³-hybridized carbons (Fsp3) is 0.133. The van der Waals surface area contributed by atoms with E-state index in [4.69, 9.17) is 0 Å². The highest BCUT2D eigenvalue weighted by molar-refractivity contribution is 9.10. The second kappa shape index (κ2) is 4.67. The Hall–Kier alpha value is -1.45. The van der Waals surface area contributed by atoms with Crippen molar-refractivity contribution in [2.45, 2.75) is 12.1 Å². The molecule has 3 rings (SSSR count).